The Labute approximate surface area is 101 Å². The SMILES string of the molecule is COc1ccc(N)cc1-n1c(C)nc(C)c1C. The van der Waals surface area contributed by atoms with Crippen molar-refractivity contribution >= 4 is 5.69 Å². The van der Waals surface area contributed by atoms with Crippen molar-refractivity contribution in [2.24, 2.45) is 0 Å². The second kappa shape index (κ2) is 4.13. The molecule has 0 aliphatic carbocycles. The number of aryl methyl sites for hydroxylation is 2. The number of ether oxygens (including phenoxy) is 1. The molecule has 90 valence electrons. The molecule has 2 N–H and O–H groups in total. The van der Waals surface area contributed by atoms with E-state index in [1.54, 1.807) is 7.11 Å². The van der Waals surface area contributed by atoms with Gasteiger partial charge in [-0.05, 0) is 39.0 Å². The second-order valence-electron chi connectivity index (χ2n) is 4.10. The topological polar surface area (TPSA) is 53.1 Å². The molecule has 0 atom stereocenters. The average Bonchev–Trinajstić information content (AvgIpc) is 2.53. The molecule has 0 aliphatic rings. The van der Waals surface area contributed by atoms with E-state index in [-0.39, 0.29) is 0 Å². The van der Waals surface area contributed by atoms with Gasteiger partial charge >= 0.3 is 0 Å². The highest BCUT2D eigenvalue weighted by atomic mass is 16.5. The van der Waals surface area contributed by atoms with Gasteiger partial charge in [-0.3, -0.25) is 4.57 Å². The molecule has 2 rings (SSSR count). The number of nitrogens with zero attached hydrogens (tertiary/aromatic N) is 2. The first-order chi connectivity index (χ1) is 8.04. The number of methoxy groups -OCH3 is 1. The van der Waals surface area contributed by atoms with E-state index in [1.165, 1.54) is 0 Å². The predicted octanol–water partition coefficient (Wildman–Crippen LogP) is 2.39. The molecular formula is C13H17N3O. The zero-order chi connectivity index (χ0) is 12.6. The fourth-order valence-corrected chi connectivity index (χ4v) is 2.01. The Bertz CT molecular complexity index is 558. The van der Waals surface area contributed by atoms with E-state index in [9.17, 15) is 0 Å². The summed E-state index contributed by atoms with van der Waals surface area (Å²) in [7, 11) is 1.66. The summed E-state index contributed by atoms with van der Waals surface area (Å²) in [5.74, 6) is 1.73. The molecular weight excluding hydrogens is 214 g/mol. The van der Waals surface area contributed by atoms with Gasteiger partial charge in [0.25, 0.3) is 0 Å². The lowest BCUT2D eigenvalue weighted by molar-refractivity contribution is 0.412. The summed E-state index contributed by atoms with van der Waals surface area (Å²) in [5.41, 5.74) is 9.61. The minimum absolute atomic E-state index is 0.714. The number of anilines is 1. The van der Waals surface area contributed by atoms with Gasteiger partial charge in [-0.15, -0.1) is 0 Å². The summed E-state index contributed by atoms with van der Waals surface area (Å²) in [6.07, 6.45) is 0. The van der Waals surface area contributed by atoms with Crippen LogP contribution in [0, 0.1) is 20.8 Å². The molecule has 0 saturated carbocycles. The molecule has 0 radical (unpaired) electrons. The Balaban J connectivity index is 2.71. The zero-order valence-corrected chi connectivity index (χ0v) is 10.6. The van der Waals surface area contributed by atoms with Crippen LogP contribution in [0.25, 0.3) is 5.69 Å². The van der Waals surface area contributed by atoms with Crippen LogP contribution in [0.5, 0.6) is 5.75 Å². The van der Waals surface area contributed by atoms with Gasteiger partial charge in [-0.1, -0.05) is 0 Å². The van der Waals surface area contributed by atoms with E-state index in [0.29, 0.717) is 5.69 Å². The Morgan fingerprint density at radius 2 is 1.94 bits per heavy atom. The van der Waals surface area contributed by atoms with Crippen LogP contribution in [0.15, 0.2) is 18.2 Å². The second-order valence-corrected chi connectivity index (χ2v) is 4.10. The van der Waals surface area contributed by atoms with Crippen LogP contribution in [0.2, 0.25) is 0 Å². The third kappa shape index (κ3) is 1.86. The summed E-state index contributed by atoms with van der Waals surface area (Å²) in [6, 6.07) is 5.61. The highest BCUT2D eigenvalue weighted by Crippen LogP contribution is 2.28. The standard InChI is InChI=1S/C13H17N3O/c1-8-9(2)16(10(3)15-8)12-7-11(14)5-6-13(12)17-4/h5-7H,14H2,1-4H3. The first-order valence-corrected chi connectivity index (χ1v) is 5.51. The molecule has 0 fully saturated rings. The molecule has 2 aromatic rings. The highest BCUT2D eigenvalue weighted by molar-refractivity contribution is 5.57. The van der Waals surface area contributed by atoms with Crippen molar-refractivity contribution < 1.29 is 4.74 Å². The van der Waals surface area contributed by atoms with Gasteiger partial charge in [0.15, 0.2) is 0 Å². The Morgan fingerprint density at radius 3 is 2.47 bits per heavy atom. The molecule has 0 spiro atoms. The monoisotopic (exact) mass is 231 g/mol. The molecule has 4 nitrogen and oxygen atoms in total. The van der Waals surface area contributed by atoms with Gasteiger partial charge in [-0.2, -0.15) is 0 Å². The first kappa shape index (κ1) is 11.5. The molecule has 0 unspecified atom stereocenters. The van der Waals surface area contributed by atoms with Gasteiger partial charge in [0.2, 0.25) is 0 Å². The number of aromatic nitrogens is 2. The Morgan fingerprint density at radius 1 is 1.24 bits per heavy atom. The van der Waals surface area contributed by atoms with E-state index in [4.69, 9.17) is 10.5 Å². The summed E-state index contributed by atoms with van der Waals surface area (Å²) in [6.45, 7) is 6.01. The molecule has 1 aromatic carbocycles. The van der Waals surface area contributed by atoms with Crippen molar-refractivity contribution in [3.63, 3.8) is 0 Å². The molecule has 0 saturated heterocycles. The largest absolute Gasteiger partial charge is 0.495 e. The fraction of sp³-hybridized carbons (Fsp3) is 0.308. The van der Waals surface area contributed by atoms with E-state index < -0.39 is 0 Å². The molecule has 0 aliphatic heterocycles. The predicted molar refractivity (Wildman–Crippen MR) is 68.7 cm³/mol. The van der Waals surface area contributed by atoms with Gasteiger partial charge in [0.05, 0.1) is 18.5 Å². The van der Waals surface area contributed by atoms with Crippen LogP contribution in [0.3, 0.4) is 0 Å². The number of hydrogen-bond donors (Lipinski definition) is 1. The summed E-state index contributed by atoms with van der Waals surface area (Å²) < 4.78 is 7.43. The van der Waals surface area contributed by atoms with Crippen LogP contribution in [-0.2, 0) is 0 Å². The van der Waals surface area contributed by atoms with Crippen molar-refractivity contribution in [1.82, 2.24) is 9.55 Å². The van der Waals surface area contributed by atoms with Gasteiger partial charge in [0.1, 0.15) is 11.6 Å². The maximum Gasteiger partial charge on any atom is 0.143 e. The maximum atomic E-state index is 5.84. The smallest absolute Gasteiger partial charge is 0.143 e. The van der Waals surface area contributed by atoms with Gasteiger partial charge in [-0.25, -0.2) is 4.98 Å². The minimum Gasteiger partial charge on any atom is -0.495 e. The Kier molecular flexibility index (Phi) is 2.79. The molecule has 17 heavy (non-hydrogen) atoms. The number of rotatable bonds is 2. The van der Waals surface area contributed by atoms with Crippen LogP contribution in [0.1, 0.15) is 17.2 Å². The maximum absolute atomic E-state index is 5.84. The number of hydrogen-bond acceptors (Lipinski definition) is 3. The van der Waals surface area contributed by atoms with Crippen LogP contribution >= 0.6 is 0 Å². The van der Waals surface area contributed by atoms with Crippen LogP contribution < -0.4 is 10.5 Å². The third-order valence-electron chi connectivity index (χ3n) is 2.96. The Hall–Kier alpha value is -1.97. The van der Waals surface area contributed by atoms with Crippen molar-refractivity contribution in [2.45, 2.75) is 20.8 Å². The molecule has 0 bridgehead atoms. The van der Waals surface area contributed by atoms with E-state index in [1.807, 2.05) is 39.0 Å². The number of imidazole rings is 1. The summed E-state index contributed by atoms with van der Waals surface area (Å²) >= 11 is 0. The zero-order valence-electron chi connectivity index (χ0n) is 10.6. The molecule has 4 heteroatoms. The fourth-order valence-electron chi connectivity index (χ4n) is 2.01. The number of nitrogen functional groups attached to an aromatic ring is 1. The van der Waals surface area contributed by atoms with Crippen molar-refractivity contribution in [3.05, 3.63) is 35.4 Å². The highest BCUT2D eigenvalue weighted by Gasteiger charge is 2.13. The molecule has 0 amide bonds. The van der Waals surface area contributed by atoms with E-state index in [2.05, 4.69) is 9.55 Å². The summed E-state index contributed by atoms with van der Waals surface area (Å²) in [5, 5.41) is 0. The van der Waals surface area contributed by atoms with E-state index >= 15 is 0 Å². The van der Waals surface area contributed by atoms with E-state index in [0.717, 1.165) is 28.6 Å². The number of nitrogens with two attached hydrogens (primary N) is 1. The molecule has 1 aromatic heterocycles. The normalized spacial score (nSPS) is 10.6. The van der Waals surface area contributed by atoms with Crippen molar-refractivity contribution in [3.8, 4) is 11.4 Å². The summed E-state index contributed by atoms with van der Waals surface area (Å²) in [4.78, 5) is 4.46. The first-order valence-electron chi connectivity index (χ1n) is 5.51. The van der Waals surface area contributed by atoms with Crippen LogP contribution in [0.4, 0.5) is 5.69 Å². The van der Waals surface area contributed by atoms with Gasteiger partial charge < -0.3 is 10.5 Å². The average molecular weight is 231 g/mol. The molecule has 1 heterocycles. The number of benzene rings is 1. The quantitative estimate of drug-likeness (QED) is 0.807. The van der Waals surface area contributed by atoms with Crippen molar-refractivity contribution in [1.29, 1.82) is 0 Å². The lowest BCUT2D eigenvalue weighted by atomic mass is 10.2. The lowest BCUT2D eigenvalue weighted by Crippen LogP contribution is -2.03. The minimum atomic E-state index is 0.714. The third-order valence-corrected chi connectivity index (χ3v) is 2.96. The lowest BCUT2D eigenvalue weighted by Gasteiger charge is -2.13. The van der Waals surface area contributed by atoms with Crippen molar-refractivity contribution in [2.75, 3.05) is 12.8 Å². The van der Waals surface area contributed by atoms with Crippen LogP contribution in [-0.4, -0.2) is 16.7 Å². The van der Waals surface area contributed by atoms with Gasteiger partial charge in [0, 0.05) is 11.4 Å².